The average molecular weight is 457 g/mol. The van der Waals surface area contributed by atoms with Crippen molar-refractivity contribution in [3.05, 3.63) is 88.9 Å². The summed E-state index contributed by atoms with van der Waals surface area (Å²) in [6, 6.07) is 20.3. The average Bonchev–Trinajstić information content (AvgIpc) is 3.25. The molecule has 160 valence electrons. The molecule has 3 aromatic carbocycles. The van der Waals surface area contributed by atoms with Gasteiger partial charge >= 0.3 is 0 Å². The Morgan fingerprint density at radius 1 is 0.935 bits per heavy atom. The number of methoxy groups -OCH3 is 2. The van der Waals surface area contributed by atoms with Gasteiger partial charge in [0.25, 0.3) is 10.0 Å². The molecule has 0 unspecified atom stereocenters. The molecule has 31 heavy (non-hydrogen) atoms. The van der Waals surface area contributed by atoms with Crippen LogP contribution in [0.3, 0.4) is 0 Å². The van der Waals surface area contributed by atoms with Gasteiger partial charge in [-0.3, -0.25) is 0 Å². The lowest BCUT2D eigenvalue weighted by molar-refractivity contribution is 0.348. The summed E-state index contributed by atoms with van der Waals surface area (Å²) in [7, 11) is -0.799. The molecule has 1 heterocycles. The highest BCUT2D eigenvalue weighted by atomic mass is 35.5. The third-order valence-electron chi connectivity index (χ3n) is 5.14. The van der Waals surface area contributed by atoms with Crippen molar-refractivity contribution in [1.29, 1.82) is 0 Å². The number of hydrazone groups is 1. The zero-order chi connectivity index (χ0) is 22.0. The van der Waals surface area contributed by atoms with Crippen molar-refractivity contribution in [2.45, 2.75) is 17.4 Å². The van der Waals surface area contributed by atoms with Gasteiger partial charge in [-0.1, -0.05) is 54.1 Å². The van der Waals surface area contributed by atoms with Crippen molar-refractivity contribution < 1.29 is 17.9 Å². The number of ether oxygens (including phenoxy) is 2. The van der Waals surface area contributed by atoms with Gasteiger partial charge < -0.3 is 9.47 Å². The minimum Gasteiger partial charge on any atom is -0.493 e. The van der Waals surface area contributed by atoms with E-state index in [9.17, 15) is 8.42 Å². The number of nitrogens with zero attached hydrogens (tertiary/aromatic N) is 2. The zero-order valence-corrected chi connectivity index (χ0v) is 18.6. The lowest BCUT2D eigenvalue weighted by Crippen LogP contribution is -2.27. The van der Waals surface area contributed by atoms with Crippen LogP contribution in [0.5, 0.6) is 11.5 Å². The quantitative estimate of drug-likeness (QED) is 0.529. The number of halogens is 1. The van der Waals surface area contributed by atoms with Gasteiger partial charge in [0.05, 0.1) is 30.9 Å². The Morgan fingerprint density at radius 3 is 2.29 bits per heavy atom. The Bertz CT molecular complexity index is 1230. The largest absolute Gasteiger partial charge is 0.493 e. The SMILES string of the molecule is COc1ccc([C@@H]2CC(c3ccccc3Cl)=NN2S(=O)(=O)c2ccccc2)cc1OC. The molecule has 3 aromatic rings. The first-order chi connectivity index (χ1) is 15.0. The third-order valence-corrected chi connectivity index (χ3v) is 7.16. The van der Waals surface area contributed by atoms with Gasteiger partial charge in [0, 0.05) is 17.0 Å². The molecule has 0 radical (unpaired) electrons. The maximum atomic E-state index is 13.5. The first kappa shape index (κ1) is 21.2. The number of rotatable bonds is 6. The van der Waals surface area contributed by atoms with E-state index < -0.39 is 16.1 Å². The fraction of sp³-hybridized carbons (Fsp3) is 0.174. The van der Waals surface area contributed by atoms with Gasteiger partial charge in [-0.2, -0.15) is 17.9 Å². The number of hydrogen-bond donors (Lipinski definition) is 0. The predicted octanol–water partition coefficient (Wildman–Crippen LogP) is 4.90. The lowest BCUT2D eigenvalue weighted by Gasteiger charge is -2.24. The second-order valence-electron chi connectivity index (χ2n) is 6.95. The van der Waals surface area contributed by atoms with E-state index in [0.717, 1.165) is 5.56 Å². The Kier molecular flexibility index (Phi) is 5.89. The molecule has 0 aliphatic carbocycles. The molecule has 1 atom stereocenters. The minimum atomic E-state index is -3.89. The highest BCUT2D eigenvalue weighted by Gasteiger charge is 2.38. The maximum Gasteiger partial charge on any atom is 0.279 e. The summed E-state index contributed by atoms with van der Waals surface area (Å²) in [5.41, 5.74) is 2.05. The number of benzene rings is 3. The molecule has 1 aliphatic rings. The van der Waals surface area contributed by atoms with Crippen LogP contribution in [0, 0.1) is 0 Å². The van der Waals surface area contributed by atoms with E-state index in [0.29, 0.717) is 34.2 Å². The van der Waals surface area contributed by atoms with Crippen molar-refractivity contribution >= 4 is 27.3 Å². The lowest BCUT2D eigenvalue weighted by atomic mass is 9.99. The van der Waals surface area contributed by atoms with Gasteiger partial charge in [-0.15, -0.1) is 0 Å². The van der Waals surface area contributed by atoms with Crippen LogP contribution in [-0.2, 0) is 10.0 Å². The molecule has 0 fully saturated rings. The first-order valence-corrected chi connectivity index (χ1v) is 11.4. The predicted molar refractivity (Wildman–Crippen MR) is 120 cm³/mol. The molecule has 1 aliphatic heterocycles. The van der Waals surface area contributed by atoms with E-state index in [-0.39, 0.29) is 4.90 Å². The van der Waals surface area contributed by atoms with Crippen molar-refractivity contribution in [2.75, 3.05) is 14.2 Å². The second-order valence-corrected chi connectivity index (χ2v) is 9.15. The van der Waals surface area contributed by atoms with E-state index in [1.165, 1.54) is 4.41 Å². The zero-order valence-electron chi connectivity index (χ0n) is 17.0. The van der Waals surface area contributed by atoms with Crippen LogP contribution >= 0.6 is 11.6 Å². The van der Waals surface area contributed by atoms with E-state index in [1.54, 1.807) is 62.8 Å². The first-order valence-electron chi connectivity index (χ1n) is 9.59. The summed E-state index contributed by atoms with van der Waals surface area (Å²) in [5.74, 6) is 1.08. The highest BCUT2D eigenvalue weighted by molar-refractivity contribution is 7.89. The summed E-state index contributed by atoms with van der Waals surface area (Å²) >= 11 is 6.38. The highest BCUT2D eigenvalue weighted by Crippen LogP contribution is 2.40. The monoisotopic (exact) mass is 456 g/mol. The van der Waals surface area contributed by atoms with Crippen LogP contribution in [0.1, 0.15) is 23.6 Å². The van der Waals surface area contributed by atoms with Crippen molar-refractivity contribution in [3.8, 4) is 11.5 Å². The van der Waals surface area contributed by atoms with Crippen LogP contribution in [0.4, 0.5) is 0 Å². The number of hydrogen-bond acceptors (Lipinski definition) is 5. The van der Waals surface area contributed by atoms with Gasteiger partial charge in [0.2, 0.25) is 0 Å². The van der Waals surface area contributed by atoms with Crippen LogP contribution in [0.15, 0.2) is 82.8 Å². The summed E-state index contributed by atoms with van der Waals surface area (Å²) < 4.78 is 38.9. The Labute approximate surface area is 186 Å². The van der Waals surface area contributed by atoms with Crippen LogP contribution < -0.4 is 9.47 Å². The van der Waals surface area contributed by atoms with Gasteiger partial charge in [-0.25, -0.2) is 0 Å². The standard InChI is InChI=1S/C23H21ClN2O4S/c1-29-22-13-12-16(14-23(22)30-2)21-15-20(18-10-6-7-11-19(18)24)25-26(21)31(27,28)17-8-4-3-5-9-17/h3-14,21H,15H2,1-2H3/t21-/m0/s1. The third kappa shape index (κ3) is 3.98. The summed E-state index contributed by atoms with van der Waals surface area (Å²) in [5, 5.41) is 5.05. The molecule has 0 aromatic heterocycles. The van der Waals surface area contributed by atoms with Crippen LogP contribution in [0.2, 0.25) is 5.02 Å². The van der Waals surface area contributed by atoms with E-state index >= 15 is 0 Å². The molecule has 0 bridgehead atoms. The van der Waals surface area contributed by atoms with Gasteiger partial charge in [-0.05, 0) is 35.9 Å². The smallest absolute Gasteiger partial charge is 0.279 e. The molecule has 0 saturated carbocycles. The Morgan fingerprint density at radius 2 is 1.61 bits per heavy atom. The topological polar surface area (TPSA) is 68.2 Å². The van der Waals surface area contributed by atoms with Crippen molar-refractivity contribution in [2.24, 2.45) is 5.10 Å². The van der Waals surface area contributed by atoms with Crippen molar-refractivity contribution in [1.82, 2.24) is 4.41 Å². The van der Waals surface area contributed by atoms with Gasteiger partial charge in [0.15, 0.2) is 11.5 Å². The molecular formula is C23H21ClN2O4S. The summed E-state index contributed by atoms with van der Waals surface area (Å²) in [4.78, 5) is 0.171. The minimum absolute atomic E-state index is 0.171. The van der Waals surface area contributed by atoms with Crippen molar-refractivity contribution in [3.63, 3.8) is 0 Å². The Balaban J connectivity index is 1.83. The van der Waals surface area contributed by atoms with Crippen LogP contribution in [-0.4, -0.2) is 32.8 Å². The summed E-state index contributed by atoms with van der Waals surface area (Å²) in [6.45, 7) is 0. The molecule has 0 N–H and O–H groups in total. The summed E-state index contributed by atoms with van der Waals surface area (Å²) in [6.07, 6.45) is 0.366. The molecule has 0 amide bonds. The second kappa shape index (κ2) is 8.61. The normalized spacial score (nSPS) is 16.2. The van der Waals surface area contributed by atoms with E-state index in [4.69, 9.17) is 21.1 Å². The molecule has 0 spiro atoms. The fourth-order valence-corrected chi connectivity index (χ4v) is 5.28. The Hall–Kier alpha value is -3.03. The molecule has 6 nitrogen and oxygen atoms in total. The van der Waals surface area contributed by atoms with E-state index in [1.807, 2.05) is 24.3 Å². The van der Waals surface area contributed by atoms with E-state index in [2.05, 4.69) is 5.10 Å². The molecule has 0 saturated heterocycles. The fourth-order valence-electron chi connectivity index (χ4n) is 3.58. The van der Waals surface area contributed by atoms with Crippen LogP contribution in [0.25, 0.3) is 0 Å². The number of sulfonamides is 1. The molecule has 4 rings (SSSR count). The van der Waals surface area contributed by atoms with Gasteiger partial charge in [0.1, 0.15) is 0 Å². The molecule has 8 heteroatoms. The maximum absolute atomic E-state index is 13.5. The molecular weight excluding hydrogens is 436 g/mol.